The molecular weight excluding hydrogens is 372 g/mol. The van der Waals surface area contributed by atoms with E-state index in [0.717, 1.165) is 18.7 Å². The van der Waals surface area contributed by atoms with E-state index in [1.54, 1.807) is 18.2 Å². The van der Waals surface area contributed by atoms with Crippen molar-refractivity contribution in [2.24, 2.45) is 5.92 Å². The number of hydrogen-bond donors (Lipinski definition) is 3. The molecule has 0 bridgehead atoms. The molecule has 4 atom stereocenters. The number of rotatable bonds is 5. The number of aromatic nitrogens is 1. The van der Waals surface area contributed by atoms with Crippen LogP contribution in [-0.2, 0) is 0 Å². The average molecular weight is 396 g/mol. The van der Waals surface area contributed by atoms with Crippen molar-refractivity contribution in [2.45, 2.75) is 30.7 Å². The number of aliphatic hydroxyl groups is 2. The molecule has 2 aromatic carbocycles. The number of hydrogen-bond acceptors (Lipinski definition) is 6. The van der Waals surface area contributed by atoms with Gasteiger partial charge < -0.3 is 19.4 Å². The molecule has 2 fully saturated rings. The number of benzene rings is 2. The highest BCUT2D eigenvalue weighted by molar-refractivity contribution is 5.72. The van der Waals surface area contributed by atoms with Crippen LogP contribution < -0.4 is 10.5 Å². The summed E-state index contributed by atoms with van der Waals surface area (Å²) >= 11 is 0. The molecule has 152 valence electrons. The molecule has 1 aromatic heterocycles. The number of aromatic amines is 1. The van der Waals surface area contributed by atoms with Crippen molar-refractivity contribution < 1.29 is 19.4 Å². The van der Waals surface area contributed by atoms with Gasteiger partial charge in [-0.3, -0.25) is 9.88 Å². The van der Waals surface area contributed by atoms with E-state index >= 15 is 0 Å². The summed E-state index contributed by atoms with van der Waals surface area (Å²) in [4.78, 5) is 16.0. The molecule has 1 saturated carbocycles. The minimum Gasteiger partial charge on any atom is -0.490 e. The van der Waals surface area contributed by atoms with Gasteiger partial charge >= 0.3 is 5.76 Å². The van der Waals surface area contributed by atoms with Gasteiger partial charge in [-0.05, 0) is 36.2 Å². The van der Waals surface area contributed by atoms with E-state index in [1.165, 1.54) is 0 Å². The molecule has 7 nitrogen and oxygen atoms in total. The van der Waals surface area contributed by atoms with Crippen molar-refractivity contribution in [1.29, 1.82) is 0 Å². The van der Waals surface area contributed by atoms with Gasteiger partial charge in [0.25, 0.3) is 0 Å². The van der Waals surface area contributed by atoms with Crippen LogP contribution in [0.4, 0.5) is 0 Å². The summed E-state index contributed by atoms with van der Waals surface area (Å²) in [6, 6.07) is 14.9. The molecule has 1 saturated heterocycles. The Balaban J connectivity index is 1.21. The SMILES string of the molecule is O=c1[nH]c2ccc([C@H](O)CN3C[C@H]4C[C@H](Oc5ccccc5)C[C@@]4(O)C3)cc2o1. The Morgan fingerprint density at radius 1 is 1.28 bits per heavy atom. The highest BCUT2D eigenvalue weighted by atomic mass is 16.5. The molecule has 5 rings (SSSR count). The standard InChI is InChI=1S/C22H24N2O5/c25-19(14-6-7-18-20(8-14)29-21(26)23-18)12-24-11-15-9-17(10-22(15,27)13-24)28-16-4-2-1-3-5-16/h1-8,15,17,19,25,27H,9-13H2,(H,23,26)/t15-,17+,19-,22-/m1/s1. The molecule has 0 spiro atoms. The zero-order valence-corrected chi connectivity index (χ0v) is 16.0. The van der Waals surface area contributed by atoms with Crippen molar-refractivity contribution in [3.63, 3.8) is 0 Å². The summed E-state index contributed by atoms with van der Waals surface area (Å²) in [5.41, 5.74) is 0.954. The number of nitrogens with zero attached hydrogens (tertiary/aromatic N) is 1. The van der Waals surface area contributed by atoms with Crippen molar-refractivity contribution in [3.05, 3.63) is 64.6 Å². The molecule has 2 aliphatic rings. The number of para-hydroxylation sites is 1. The van der Waals surface area contributed by atoms with Gasteiger partial charge in [0.2, 0.25) is 0 Å². The number of H-pyrrole nitrogens is 1. The fraction of sp³-hybridized carbons (Fsp3) is 0.409. The number of β-amino-alcohol motifs (C(OH)–C–C–N with tert-alkyl or cyclic N) is 2. The highest BCUT2D eigenvalue weighted by Crippen LogP contribution is 2.43. The Hall–Kier alpha value is -2.61. The number of fused-ring (bicyclic) bond motifs is 2. The van der Waals surface area contributed by atoms with Gasteiger partial charge in [0.15, 0.2) is 5.58 Å². The summed E-state index contributed by atoms with van der Waals surface area (Å²) in [6.07, 6.45) is 0.690. The number of likely N-dealkylation sites (tertiary alicyclic amines) is 1. The third-order valence-electron chi connectivity index (χ3n) is 6.17. The monoisotopic (exact) mass is 396 g/mol. The second kappa shape index (κ2) is 7.02. The topological polar surface area (TPSA) is 98.9 Å². The molecule has 0 amide bonds. The van der Waals surface area contributed by atoms with E-state index in [0.29, 0.717) is 36.2 Å². The van der Waals surface area contributed by atoms with Gasteiger partial charge in [0.05, 0.1) is 17.2 Å². The van der Waals surface area contributed by atoms with E-state index in [-0.39, 0.29) is 12.0 Å². The largest absolute Gasteiger partial charge is 0.490 e. The fourth-order valence-corrected chi connectivity index (χ4v) is 4.82. The van der Waals surface area contributed by atoms with Crippen LogP contribution in [0.1, 0.15) is 24.5 Å². The summed E-state index contributed by atoms with van der Waals surface area (Å²) in [5.74, 6) is 0.460. The van der Waals surface area contributed by atoms with Crippen molar-refractivity contribution >= 4 is 11.1 Å². The third-order valence-corrected chi connectivity index (χ3v) is 6.17. The van der Waals surface area contributed by atoms with Gasteiger partial charge in [0.1, 0.15) is 11.9 Å². The Bertz CT molecular complexity index is 1060. The number of oxazole rings is 1. The van der Waals surface area contributed by atoms with Gasteiger partial charge in [-0.2, -0.15) is 0 Å². The molecular formula is C22H24N2O5. The lowest BCUT2D eigenvalue weighted by atomic mass is 9.95. The van der Waals surface area contributed by atoms with E-state index in [9.17, 15) is 15.0 Å². The first-order chi connectivity index (χ1) is 14.0. The van der Waals surface area contributed by atoms with Gasteiger partial charge in [-0.15, -0.1) is 0 Å². The molecule has 0 radical (unpaired) electrons. The van der Waals surface area contributed by atoms with E-state index in [1.807, 2.05) is 30.3 Å². The first-order valence-electron chi connectivity index (χ1n) is 9.96. The van der Waals surface area contributed by atoms with Gasteiger partial charge in [-0.1, -0.05) is 24.3 Å². The Labute approximate surface area is 167 Å². The average Bonchev–Trinajstić information content (AvgIpc) is 3.29. The zero-order valence-electron chi connectivity index (χ0n) is 16.0. The summed E-state index contributed by atoms with van der Waals surface area (Å²) < 4.78 is 11.1. The van der Waals surface area contributed by atoms with E-state index in [4.69, 9.17) is 9.15 Å². The van der Waals surface area contributed by atoms with E-state index in [2.05, 4.69) is 9.88 Å². The lowest BCUT2D eigenvalue weighted by molar-refractivity contribution is 0.0178. The van der Waals surface area contributed by atoms with Crippen LogP contribution in [0, 0.1) is 5.92 Å². The van der Waals surface area contributed by atoms with Crippen molar-refractivity contribution in [1.82, 2.24) is 9.88 Å². The normalized spacial score (nSPS) is 27.9. The molecule has 29 heavy (non-hydrogen) atoms. The second-order valence-electron chi connectivity index (χ2n) is 8.27. The number of nitrogens with one attached hydrogen (secondary N) is 1. The molecule has 2 heterocycles. The maximum Gasteiger partial charge on any atom is 0.417 e. The zero-order chi connectivity index (χ0) is 20.0. The van der Waals surface area contributed by atoms with Crippen molar-refractivity contribution in [2.75, 3.05) is 19.6 Å². The maximum atomic E-state index is 11.3. The van der Waals surface area contributed by atoms with Crippen LogP contribution >= 0.6 is 0 Å². The maximum absolute atomic E-state index is 11.3. The predicted octanol–water partition coefficient (Wildman–Crippen LogP) is 2.06. The molecule has 0 unspecified atom stereocenters. The minimum absolute atomic E-state index is 0.0124. The van der Waals surface area contributed by atoms with Crippen LogP contribution in [0.2, 0.25) is 0 Å². The van der Waals surface area contributed by atoms with Crippen LogP contribution in [0.3, 0.4) is 0 Å². The minimum atomic E-state index is -0.781. The predicted molar refractivity (Wildman–Crippen MR) is 107 cm³/mol. The molecule has 1 aliphatic carbocycles. The fourth-order valence-electron chi connectivity index (χ4n) is 4.82. The first-order valence-corrected chi connectivity index (χ1v) is 9.96. The molecule has 7 heteroatoms. The molecule has 1 aliphatic heterocycles. The lowest BCUT2D eigenvalue weighted by Crippen LogP contribution is -2.36. The Kier molecular flexibility index (Phi) is 4.46. The van der Waals surface area contributed by atoms with Gasteiger partial charge in [-0.25, -0.2) is 4.79 Å². The Morgan fingerprint density at radius 3 is 2.90 bits per heavy atom. The molecule has 3 N–H and O–H groups in total. The van der Waals surface area contributed by atoms with Crippen LogP contribution in [0.15, 0.2) is 57.7 Å². The quantitative estimate of drug-likeness (QED) is 0.611. The van der Waals surface area contributed by atoms with Crippen molar-refractivity contribution in [3.8, 4) is 5.75 Å². The highest BCUT2D eigenvalue weighted by Gasteiger charge is 2.52. The summed E-state index contributed by atoms with van der Waals surface area (Å²) in [5, 5.41) is 21.8. The number of ether oxygens (including phenoxy) is 1. The third kappa shape index (κ3) is 3.57. The lowest BCUT2D eigenvalue weighted by Gasteiger charge is -2.25. The van der Waals surface area contributed by atoms with E-state index < -0.39 is 17.5 Å². The van der Waals surface area contributed by atoms with Crippen LogP contribution in [0.25, 0.3) is 11.1 Å². The molecule has 3 aromatic rings. The van der Waals surface area contributed by atoms with Gasteiger partial charge in [0, 0.05) is 32.0 Å². The first kappa shape index (κ1) is 18.4. The smallest absolute Gasteiger partial charge is 0.417 e. The number of aliphatic hydroxyl groups excluding tert-OH is 1. The summed E-state index contributed by atoms with van der Waals surface area (Å²) in [7, 11) is 0. The summed E-state index contributed by atoms with van der Waals surface area (Å²) in [6.45, 7) is 1.66. The second-order valence-corrected chi connectivity index (χ2v) is 8.27. The van der Waals surface area contributed by atoms with Crippen LogP contribution in [0.5, 0.6) is 5.75 Å². The Morgan fingerprint density at radius 2 is 2.10 bits per heavy atom. The van der Waals surface area contributed by atoms with Crippen LogP contribution in [-0.4, -0.2) is 51.4 Å².